The number of amides is 1. The van der Waals surface area contributed by atoms with Crippen molar-refractivity contribution in [3.63, 3.8) is 0 Å². The summed E-state index contributed by atoms with van der Waals surface area (Å²) in [6.07, 6.45) is 0.862. The lowest BCUT2D eigenvalue weighted by atomic mass is 9.87. The highest BCUT2D eigenvalue weighted by Gasteiger charge is 2.22. The van der Waals surface area contributed by atoms with Crippen molar-refractivity contribution in [2.45, 2.75) is 27.2 Å². The van der Waals surface area contributed by atoms with E-state index >= 15 is 0 Å². The highest BCUT2D eigenvalue weighted by Crippen LogP contribution is 2.19. The van der Waals surface area contributed by atoms with E-state index in [4.69, 9.17) is 11.0 Å². The number of nitrogens with two attached hydrogens (primary N) is 1. The van der Waals surface area contributed by atoms with Gasteiger partial charge in [0.2, 0.25) is 5.91 Å². The van der Waals surface area contributed by atoms with Crippen molar-refractivity contribution in [1.82, 2.24) is 0 Å². The molecule has 68 valence electrons. The molecule has 0 fully saturated rings. The monoisotopic (exact) mass is 168 g/mol. The van der Waals surface area contributed by atoms with Gasteiger partial charge in [0.15, 0.2) is 0 Å². The predicted molar refractivity (Wildman–Crippen MR) is 46.9 cm³/mol. The molecular weight excluding hydrogens is 152 g/mol. The molecule has 0 saturated heterocycles. The van der Waals surface area contributed by atoms with Crippen LogP contribution in [0.25, 0.3) is 0 Å². The lowest BCUT2D eigenvalue weighted by Gasteiger charge is -2.16. The topological polar surface area (TPSA) is 66.9 Å². The molecule has 12 heavy (non-hydrogen) atoms. The summed E-state index contributed by atoms with van der Waals surface area (Å²) >= 11 is 0. The van der Waals surface area contributed by atoms with Crippen LogP contribution in [0.5, 0.6) is 0 Å². The summed E-state index contributed by atoms with van der Waals surface area (Å²) in [5, 5.41) is 8.63. The molecule has 0 heterocycles. The molecule has 3 nitrogen and oxygen atoms in total. The summed E-state index contributed by atoms with van der Waals surface area (Å²) in [4.78, 5) is 10.8. The van der Waals surface area contributed by atoms with Crippen LogP contribution >= 0.6 is 0 Å². The number of primary amides is 1. The molecule has 0 saturated carbocycles. The molecule has 2 unspecified atom stereocenters. The Bertz CT molecular complexity index is 193. The molecule has 0 aliphatic carbocycles. The normalized spacial score (nSPS) is 15.2. The fourth-order valence-electron chi connectivity index (χ4n) is 1.35. The zero-order chi connectivity index (χ0) is 9.72. The number of rotatable bonds is 4. The first-order valence-corrected chi connectivity index (χ1v) is 4.18. The molecule has 0 bridgehead atoms. The second-order valence-corrected chi connectivity index (χ2v) is 3.62. The third-order valence-corrected chi connectivity index (χ3v) is 1.86. The van der Waals surface area contributed by atoms with Gasteiger partial charge in [0.1, 0.15) is 5.92 Å². The Morgan fingerprint density at radius 3 is 2.25 bits per heavy atom. The van der Waals surface area contributed by atoms with Crippen LogP contribution in [0.3, 0.4) is 0 Å². The van der Waals surface area contributed by atoms with Crippen molar-refractivity contribution in [2.24, 2.45) is 23.5 Å². The number of carbonyl (C=O) groups excluding carboxylic acids is 1. The zero-order valence-electron chi connectivity index (χ0n) is 7.87. The van der Waals surface area contributed by atoms with Crippen molar-refractivity contribution in [3.05, 3.63) is 0 Å². The molecule has 0 aromatic rings. The van der Waals surface area contributed by atoms with Crippen molar-refractivity contribution in [3.8, 4) is 6.07 Å². The molecular formula is C9H16N2O. The molecule has 2 N–H and O–H groups in total. The summed E-state index contributed by atoms with van der Waals surface area (Å²) in [5.41, 5.74) is 5.06. The minimum atomic E-state index is -0.632. The molecule has 0 aromatic heterocycles. The van der Waals surface area contributed by atoms with Crippen molar-refractivity contribution in [1.29, 1.82) is 5.26 Å². The number of hydrogen-bond acceptors (Lipinski definition) is 2. The summed E-state index contributed by atoms with van der Waals surface area (Å²) in [7, 11) is 0. The van der Waals surface area contributed by atoms with Gasteiger partial charge in [0, 0.05) is 0 Å². The minimum Gasteiger partial charge on any atom is -0.369 e. The highest BCUT2D eigenvalue weighted by atomic mass is 16.1. The Labute approximate surface area is 73.6 Å². The largest absolute Gasteiger partial charge is 0.369 e. The predicted octanol–water partition coefficient (Wildman–Crippen LogP) is 1.29. The Morgan fingerprint density at radius 2 is 2.00 bits per heavy atom. The Kier molecular flexibility index (Phi) is 4.35. The first kappa shape index (κ1) is 11.0. The van der Waals surface area contributed by atoms with Crippen molar-refractivity contribution < 1.29 is 4.79 Å². The van der Waals surface area contributed by atoms with Crippen molar-refractivity contribution >= 4 is 5.91 Å². The van der Waals surface area contributed by atoms with E-state index in [0.29, 0.717) is 5.92 Å². The van der Waals surface area contributed by atoms with E-state index in [1.807, 2.05) is 13.0 Å². The third-order valence-electron chi connectivity index (χ3n) is 1.86. The maximum absolute atomic E-state index is 10.8. The van der Waals surface area contributed by atoms with Crippen LogP contribution in [0.4, 0.5) is 0 Å². The molecule has 0 aliphatic rings. The Balaban J connectivity index is 4.15. The maximum atomic E-state index is 10.8. The molecule has 0 rings (SSSR count). The lowest BCUT2D eigenvalue weighted by molar-refractivity contribution is -0.121. The fourth-order valence-corrected chi connectivity index (χ4v) is 1.35. The van der Waals surface area contributed by atoms with Crippen molar-refractivity contribution in [2.75, 3.05) is 0 Å². The van der Waals surface area contributed by atoms with Gasteiger partial charge in [-0.25, -0.2) is 0 Å². The molecule has 0 radical (unpaired) electrons. The average Bonchev–Trinajstić information content (AvgIpc) is 1.85. The number of nitrogens with zero attached hydrogens (tertiary/aromatic N) is 1. The van der Waals surface area contributed by atoms with E-state index in [9.17, 15) is 4.79 Å². The Morgan fingerprint density at radius 1 is 1.50 bits per heavy atom. The third kappa shape index (κ3) is 3.38. The highest BCUT2D eigenvalue weighted by molar-refractivity contribution is 5.79. The second kappa shape index (κ2) is 4.76. The molecule has 2 atom stereocenters. The van der Waals surface area contributed by atoms with E-state index in [1.165, 1.54) is 0 Å². The van der Waals surface area contributed by atoms with Gasteiger partial charge < -0.3 is 5.73 Å². The van der Waals surface area contributed by atoms with Gasteiger partial charge in [-0.3, -0.25) is 4.79 Å². The van der Waals surface area contributed by atoms with Gasteiger partial charge in [0.25, 0.3) is 0 Å². The van der Waals surface area contributed by atoms with Gasteiger partial charge in [0.05, 0.1) is 6.07 Å². The standard InChI is InChI=1S/C9H16N2O/c1-6(2)4-7(3)8(5-10)9(11)12/h6-8H,4H2,1-3H3,(H2,11,12). The van der Waals surface area contributed by atoms with E-state index in [-0.39, 0.29) is 5.92 Å². The van der Waals surface area contributed by atoms with Gasteiger partial charge >= 0.3 is 0 Å². The first-order valence-electron chi connectivity index (χ1n) is 4.18. The molecule has 0 aliphatic heterocycles. The van der Waals surface area contributed by atoms with E-state index in [0.717, 1.165) is 6.42 Å². The summed E-state index contributed by atoms with van der Waals surface area (Å²) in [6, 6.07) is 1.93. The minimum absolute atomic E-state index is 0.0625. The van der Waals surface area contributed by atoms with Crippen LogP contribution in [0.1, 0.15) is 27.2 Å². The van der Waals surface area contributed by atoms with E-state index in [1.54, 1.807) is 0 Å². The summed E-state index contributed by atoms with van der Waals surface area (Å²) in [5.74, 6) is -0.583. The number of hydrogen-bond donors (Lipinski definition) is 1. The SMILES string of the molecule is CC(C)CC(C)C(C#N)C(N)=O. The van der Waals surface area contributed by atoms with Gasteiger partial charge in [-0.15, -0.1) is 0 Å². The molecule has 1 amide bonds. The zero-order valence-corrected chi connectivity index (χ0v) is 7.87. The summed E-state index contributed by atoms with van der Waals surface area (Å²) in [6.45, 7) is 6.01. The smallest absolute Gasteiger partial charge is 0.235 e. The first-order chi connectivity index (χ1) is 5.49. The maximum Gasteiger partial charge on any atom is 0.235 e. The van der Waals surface area contributed by atoms with Crippen LogP contribution in [0, 0.1) is 29.1 Å². The summed E-state index contributed by atoms with van der Waals surface area (Å²) < 4.78 is 0. The van der Waals surface area contributed by atoms with E-state index in [2.05, 4.69) is 13.8 Å². The second-order valence-electron chi connectivity index (χ2n) is 3.62. The van der Waals surface area contributed by atoms with Crippen LogP contribution in [0.15, 0.2) is 0 Å². The number of nitriles is 1. The van der Waals surface area contributed by atoms with E-state index < -0.39 is 11.8 Å². The van der Waals surface area contributed by atoms with Gasteiger partial charge in [-0.2, -0.15) is 5.26 Å². The average molecular weight is 168 g/mol. The van der Waals surface area contributed by atoms with Crippen LogP contribution in [-0.4, -0.2) is 5.91 Å². The van der Waals surface area contributed by atoms with Crippen LogP contribution in [-0.2, 0) is 4.79 Å². The molecule has 0 aromatic carbocycles. The molecule has 3 heteroatoms. The Hall–Kier alpha value is -1.04. The fraction of sp³-hybridized carbons (Fsp3) is 0.778. The lowest BCUT2D eigenvalue weighted by Crippen LogP contribution is -2.28. The number of carbonyl (C=O) groups is 1. The quantitative estimate of drug-likeness (QED) is 0.687. The molecule has 0 spiro atoms. The van der Waals surface area contributed by atoms with Gasteiger partial charge in [-0.1, -0.05) is 20.8 Å². The van der Waals surface area contributed by atoms with Crippen LogP contribution < -0.4 is 5.73 Å². The van der Waals surface area contributed by atoms with Crippen LogP contribution in [0.2, 0.25) is 0 Å². The van der Waals surface area contributed by atoms with Gasteiger partial charge in [-0.05, 0) is 18.3 Å².